The molecule has 2 amide bonds. The molecule has 0 bridgehead atoms. The van der Waals surface area contributed by atoms with E-state index in [1.165, 1.54) is 9.80 Å². The van der Waals surface area contributed by atoms with E-state index in [0.717, 1.165) is 17.8 Å². The Morgan fingerprint density at radius 3 is 2.71 bits per heavy atom. The number of nitrogens with zero attached hydrogens (tertiary/aromatic N) is 2. The van der Waals surface area contributed by atoms with Gasteiger partial charge in [-0.2, -0.15) is 0 Å². The molecule has 0 fully saturated rings. The normalized spacial score (nSPS) is 14.9. The minimum absolute atomic E-state index is 0.0262. The van der Waals surface area contributed by atoms with Gasteiger partial charge in [-0.25, -0.2) is 0 Å². The number of ether oxygens (including phenoxy) is 1. The van der Waals surface area contributed by atoms with Crippen molar-refractivity contribution in [3.63, 3.8) is 0 Å². The van der Waals surface area contributed by atoms with Gasteiger partial charge in [-0.15, -0.1) is 11.3 Å². The zero-order valence-electron chi connectivity index (χ0n) is 17.6. The molecule has 6 nitrogen and oxygen atoms in total. The van der Waals surface area contributed by atoms with Crippen LogP contribution in [0.25, 0.3) is 0 Å². The first kappa shape index (κ1) is 21.1. The van der Waals surface area contributed by atoms with Crippen LogP contribution in [-0.4, -0.2) is 39.0 Å². The Morgan fingerprint density at radius 1 is 1.10 bits per heavy atom. The fraction of sp³-hybridized carbons (Fsp3) is 0.250. The van der Waals surface area contributed by atoms with Crippen molar-refractivity contribution in [2.24, 2.45) is 0 Å². The number of likely N-dealkylation sites (N-methyl/N-ethyl adjacent to an activating group) is 1. The van der Waals surface area contributed by atoms with Gasteiger partial charge in [-0.1, -0.05) is 24.3 Å². The molecule has 1 atom stereocenters. The third-order valence-electron chi connectivity index (χ3n) is 5.33. The average Bonchev–Trinajstić information content (AvgIpc) is 3.31. The van der Waals surface area contributed by atoms with Crippen molar-refractivity contribution >= 4 is 34.5 Å². The lowest BCUT2D eigenvalue weighted by molar-refractivity contribution is -0.116. The molecule has 0 spiro atoms. The highest BCUT2D eigenvalue weighted by Gasteiger charge is 2.30. The van der Waals surface area contributed by atoms with E-state index in [2.05, 4.69) is 11.4 Å². The highest BCUT2D eigenvalue weighted by Crippen LogP contribution is 2.32. The number of nitrogens with one attached hydrogen (secondary N) is 1. The van der Waals surface area contributed by atoms with Crippen LogP contribution < -0.4 is 19.9 Å². The van der Waals surface area contributed by atoms with Crippen LogP contribution in [0.15, 0.2) is 66.0 Å². The molecule has 1 N–H and O–H groups in total. The number of benzene rings is 2. The molecule has 4 rings (SSSR count). The molecule has 1 aliphatic rings. The van der Waals surface area contributed by atoms with E-state index in [1.807, 2.05) is 54.9 Å². The molecule has 160 valence electrons. The van der Waals surface area contributed by atoms with Crippen LogP contribution in [0.4, 0.5) is 11.4 Å². The van der Waals surface area contributed by atoms with Crippen LogP contribution in [0.1, 0.15) is 27.8 Å². The molecule has 1 unspecified atom stereocenters. The number of hydrogen-bond donors (Lipinski definition) is 1. The van der Waals surface area contributed by atoms with Crippen molar-refractivity contribution in [1.82, 2.24) is 5.32 Å². The number of anilines is 2. The van der Waals surface area contributed by atoms with Crippen molar-refractivity contribution in [3.05, 3.63) is 76.5 Å². The maximum Gasteiger partial charge on any atom is 0.260 e. The number of para-hydroxylation sites is 1. The van der Waals surface area contributed by atoms with E-state index in [9.17, 15) is 9.59 Å². The molecule has 0 saturated carbocycles. The lowest BCUT2D eigenvalue weighted by Crippen LogP contribution is -2.37. The van der Waals surface area contributed by atoms with Gasteiger partial charge in [-0.05, 0) is 49.3 Å². The molecule has 1 aliphatic heterocycles. The number of amides is 2. The molecular formula is C24H25N3O3S. The largest absolute Gasteiger partial charge is 0.485 e. The Kier molecular flexibility index (Phi) is 6.34. The molecule has 7 heteroatoms. The second kappa shape index (κ2) is 9.32. The maximum absolute atomic E-state index is 13.3. The van der Waals surface area contributed by atoms with Crippen molar-refractivity contribution in [3.8, 4) is 5.75 Å². The molecule has 0 saturated heterocycles. The van der Waals surface area contributed by atoms with E-state index in [1.54, 1.807) is 30.5 Å². The van der Waals surface area contributed by atoms with Gasteiger partial charge in [0.1, 0.15) is 18.4 Å². The standard InChI is InChI=1S/C24H25N3O3S/c1-25-13-12-21(22-11-6-14-31-22)30-18-8-5-7-17(15-18)27-16-23(28)26(2)20-10-4-3-9-19(20)24(27)29/h3-11,14-15,21,25H,12-13,16H2,1-2H3. The monoisotopic (exact) mass is 435 g/mol. The number of thiophene rings is 1. The fourth-order valence-electron chi connectivity index (χ4n) is 3.65. The van der Waals surface area contributed by atoms with Crippen molar-refractivity contribution in [2.45, 2.75) is 12.5 Å². The first-order valence-electron chi connectivity index (χ1n) is 10.2. The highest BCUT2D eigenvalue weighted by molar-refractivity contribution is 7.10. The predicted octanol–water partition coefficient (Wildman–Crippen LogP) is 4.10. The summed E-state index contributed by atoms with van der Waals surface area (Å²) in [6.07, 6.45) is 0.733. The van der Waals surface area contributed by atoms with Crippen molar-refractivity contribution < 1.29 is 14.3 Å². The van der Waals surface area contributed by atoms with Crippen molar-refractivity contribution in [2.75, 3.05) is 37.0 Å². The van der Waals surface area contributed by atoms with Gasteiger partial charge in [0.05, 0.1) is 11.3 Å². The van der Waals surface area contributed by atoms with Gasteiger partial charge in [0.15, 0.2) is 0 Å². The molecule has 2 aromatic carbocycles. The van der Waals surface area contributed by atoms with E-state index in [0.29, 0.717) is 22.7 Å². The molecule has 2 heterocycles. The van der Waals surface area contributed by atoms with Gasteiger partial charge in [-0.3, -0.25) is 14.5 Å². The van der Waals surface area contributed by atoms with Crippen LogP contribution >= 0.6 is 11.3 Å². The summed E-state index contributed by atoms with van der Waals surface area (Å²) in [4.78, 5) is 30.2. The van der Waals surface area contributed by atoms with E-state index in [4.69, 9.17) is 4.74 Å². The van der Waals surface area contributed by atoms with Crippen LogP contribution in [0, 0.1) is 0 Å². The second-order valence-corrected chi connectivity index (χ2v) is 8.35. The van der Waals surface area contributed by atoms with Gasteiger partial charge in [0, 0.05) is 30.1 Å². The zero-order valence-corrected chi connectivity index (χ0v) is 18.4. The third kappa shape index (κ3) is 4.47. The van der Waals surface area contributed by atoms with Crippen LogP contribution in [0.2, 0.25) is 0 Å². The van der Waals surface area contributed by atoms with Gasteiger partial charge >= 0.3 is 0 Å². The number of fused-ring (bicyclic) bond motifs is 1. The Bertz CT molecular complexity index is 1070. The second-order valence-electron chi connectivity index (χ2n) is 7.37. The zero-order chi connectivity index (χ0) is 21.8. The first-order chi connectivity index (χ1) is 15.1. The van der Waals surface area contributed by atoms with E-state index < -0.39 is 0 Å². The summed E-state index contributed by atoms with van der Waals surface area (Å²) in [5.41, 5.74) is 1.77. The number of carbonyl (C=O) groups excluding carboxylic acids is 2. The Morgan fingerprint density at radius 2 is 1.94 bits per heavy atom. The van der Waals surface area contributed by atoms with Crippen LogP contribution in [-0.2, 0) is 4.79 Å². The first-order valence-corrected chi connectivity index (χ1v) is 11.1. The summed E-state index contributed by atoms with van der Waals surface area (Å²) in [5, 5.41) is 5.21. The molecule has 31 heavy (non-hydrogen) atoms. The Hall–Kier alpha value is -3.16. The topological polar surface area (TPSA) is 61.9 Å². The summed E-state index contributed by atoms with van der Waals surface area (Å²) in [5.74, 6) is 0.323. The van der Waals surface area contributed by atoms with E-state index in [-0.39, 0.29) is 24.5 Å². The lowest BCUT2D eigenvalue weighted by Gasteiger charge is -2.22. The van der Waals surface area contributed by atoms with Crippen molar-refractivity contribution in [1.29, 1.82) is 0 Å². The Balaban J connectivity index is 1.63. The van der Waals surface area contributed by atoms with Gasteiger partial charge < -0.3 is 15.0 Å². The molecule has 1 aromatic heterocycles. The molecular weight excluding hydrogens is 410 g/mol. The summed E-state index contributed by atoms with van der Waals surface area (Å²) in [6.45, 7) is 0.798. The minimum Gasteiger partial charge on any atom is -0.485 e. The quantitative estimate of drug-likeness (QED) is 0.607. The fourth-order valence-corrected chi connectivity index (χ4v) is 4.44. The summed E-state index contributed by atoms with van der Waals surface area (Å²) >= 11 is 1.66. The molecule has 0 aliphatic carbocycles. The summed E-state index contributed by atoms with van der Waals surface area (Å²) < 4.78 is 6.31. The number of carbonyl (C=O) groups is 2. The summed E-state index contributed by atoms with van der Waals surface area (Å²) in [7, 11) is 3.62. The third-order valence-corrected chi connectivity index (χ3v) is 6.30. The SMILES string of the molecule is CNCCC(Oc1cccc(N2CC(=O)N(C)c3ccccc3C2=O)c1)c1cccs1. The lowest BCUT2D eigenvalue weighted by atomic mass is 10.1. The number of hydrogen-bond acceptors (Lipinski definition) is 5. The Labute approximate surface area is 186 Å². The molecule has 3 aromatic rings. The molecule has 0 radical (unpaired) electrons. The minimum atomic E-state index is -0.199. The number of rotatable bonds is 7. The highest BCUT2D eigenvalue weighted by atomic mass is 32.1. The van der Waals surface area contributed by atoms with Gasteiger partial charge in [0.25, 0.3) is 5.91 Å². The van der Waals surface area contributed by atoms with Crippen LogP contribution in [0.3, 0.4) is 0 Å². The van der Waals surface area contributed by atoms with E-state index >= 15 is 0 Å². The maximum atomic E-state index is 13.3. The average molecular weight is 436 g/mol. The smallest absolute Gasteiger partial charge is 0.260 e. The summed E-state index contributed by atoms with van der Waals surface area (Å²) in [6, 6.07) is 18.7. The van der Waals surface area contributed by atoms with Crippen LogP contribution in [0.5, 0.6) is 5.75 Å². The van der Waals surface area contributed by atoms with Gasteiger partial charge in [0.2, 0.25) is 5.91 Å². The predicted molar refractivity (Wildman–Crippen MR) is 124 cm³/mol.